The lowest BCUT2D eigenvalue weighted by Crippen LogP contribution is -2.41. The van der Waals surface area contributed by atoms with E-state index in [9.17, 15) is 14.7 Å². The van der Waals surface area contributed by atoms with Crippen LogP contribution in [0.25, 0.3) is 0 Å². The van der Waals surface area contributed by atoms with Gasteiger partial charge in [0, 0.05) is 30.7 Å². The molecule has 1 saturated heterocycles. The van der Waals surface area contributed by atoms with Gasteiger partial charge in [-0.2, -0.15) is 0 Å². The summed E-state index contributed by atoms with van der Waals surface area (Å²) >= 11 is 1.37. The first-order valence-electron chi connectivity index (χ1n) is 9.24. The van der Waals surface area contributed by atoms with Gasteiger partial charge in [0.25, 0.3) is 0 Å². The Hall–Kier alpha value is -2.45. The number of aryl methyl sites for hydroxylation is 1. The van der Waals surface area contributed by atoms with Crippen molar-refractivity contribution in [1.29, 1.82) is 0 Å². The summed E-state index contributed by atoms with van der Waals surface area (Å²) in [7, 11) is 1.58. The number of carbonyl (C=O) groups excluding carboxylic acids is 2. The van der Waals surface area contributed by atoms with Crippen LogP contribution in [0.1, 0.15) is 22.6 Å². The molecule has 1 N–H and O–H groups in total. The monoisotopic (exact) mass is 401 g/mol. The molecule has 28 heavy (non-hydrogen) atoms. The van der Waals surface area contributed by atoms with Crippen molar-refractivity contribution >= 4 is 28.8 Å². The molecule has 1 atom stereocenters. The van der Waals surface area contributed by atoms with Gasteiger partial charge < -0.3 is 19.6 Å². The van der Waals surface area contributed by atoms with Crippen LogP contribution in [0.3, 0.4) is 0 Å². The highest BCUT2D eigenvalue weighted by Crippen LogP contribution is 2.47. The zero-order valence-electron chi connectivity index (χ0n) is 16.0. The molecule has 0 radical (unpaired) electrons. The standard InChI is InChI=1S/C20H23N3O4S/c1-13-3-4-15-14(7-13)20(5-6-22(11-20)18(26)10-24)12-23(15)17(25)8-16-21-9-19(27-2)28-16/h3-4,7,9,24H,5-6,8,10-12H2,1-2H3. The van der Waals surface area contributed by atoms with Crippen molar-refractivity contribution in [3.8, 4) is 5.06 Å². The number of aliphatic hydroxyl groups excluding tert-OH is 1. The maximum Gasteiger partial charge on any atom is 0.248 e. The van der Waals surface area contributed by atoms with Crippen LogP contribution in [0, 0.1) is 6.92 Å². The molecule has 2 aliphatic rings. The molecule has 4 rings (SSSR count). The molecule has 7 nitrogen and oxygen atoms in total. The fourth-order valence-electron chi connectivity index (χ4n) is 4.23. The number of rotatable bonds is 4. The third-order valence-corrected chi connectivity index (χ3v) is 6.61. The number of amides is 2. The van der Waals surface area contributed by atoms with E-state index in [0.717, 1.165) is 28.2 Å². The molecular weight excluding hydrogens is 378 g/mol. The number of hydrogen-bond acceptors (Lipinski definition) is 6. The first kappa shape index (κ1) is 18.9. The molecular formula is C20H23N3O4S. The number of methoxy groups -OCH3 is 1. The highest BCUT2D eigenvalue weighted by molar-refractivity contribution is 7.13. The van der Waals surface area contributed by atoms with Crippen molar-refractivity contribution in [1.82, 2.24) is 9.88 Å². The van der Waals surface area contributed by atoms with E-state index in [1.807, 2.05) is 24.0 Å². The lowest BCUT2D eigenvalue weighted by Gasteiger charge is -2.25. The first-order valence-corrected chi connectivity index (χ1v) is 10.1. The van der Waals surface area contributed by atoms with Crippen LogP contribution in [0.15, 0.2) is 24.4 Å². The Morgan fingerprint density at radius 3 is 2.86 bits per heavy atom. The van der Waals surface area contributed by atoms with Gasteiger partial charge in [-0.15, -0.1) is 0 Å². The summed E-state index contributed by atoms with van der Waals surface area (Å²) in [4.78, 5) is 32.9. The number of nitrogens with zero attached hydrogens (tertiary/aromatic N) is 3. The molecule has 0 bridgehead atoms. The summed E-state index contributed by atoms with van der Waals surface area (Å²) < 4.78 is 5.17. The van der Waals surface area contributed by atoms with Crippen LogP contribution in [-0.2, 0) is 21.4 Å². The van der Waals surface area contributed by atoms with Crippen LogP contribution in [-0.4, -0.2) is 60.2 Å². The van der Waals surface area contributed by atoms with E-state index in [0.29, 0.717) is 24.7 Å². The maximum absolute atomic E-state index is 13.1. The molecule has 3 heterocycles. The van der Waals surface area contributed by atoms with Crippen molar-refractivity contribution in [2.75, 3.05) is 38.3 Å². The highest BCUT2D eigenvalue weighted by Gasteiger charge is 2.49. The largest absolute Gasteiger partial charge is 0.486 e. The van der Waals surface area contributed by atoms with Gasteiger partial charge in [-0.25, -0.2) is 4.98 Å². The minimum atomic E-state index is -0.481. The van der Waals surface area contributed by atoms with Gasteiger partial charge in [-0.1, -0.05) is 29.0 Å². The Bertz CT molecular complexity index is 928. The SMILES string of the molecule is COc1cnc(CC(=O)N2CC3(CCN(C(=O)CO)C3)c3cc(C)ccc32)s1. The summed E-state index contributed by atoms with van der Waals surface area (Å²) in [6, 6.07) is 6.13. The predicted octanol–water partition coefficient (Wildman–Crippen LogP) is 1.51. The number of anilines is 1. The Morgan fingerprint density at radius 2 is 2.14 bits per heavy atom. The van der Waals surface area contributed by atoms with E-state index in [1.165, 1.54) is 11.3 Å². The number of aliphatic hydroxyl groups is 1. The Morgan fingerprint density at radius 1 is 1.32 bits per heavy atom. The zero-order chi connectivity index (χ0) is 19.9. The van der Waals surface area contributed by atoms with E-state index in [2.05, 4.69) is 11.1 Å². The minimum Gasteiger partial charge on any atom is -0.486 e. The van der Waals surface area contributed by atoms with Crippen molar-refractivity contribution in [2.24, 2.45) is 0 Å². The smallest absolute Gasteiger partial charge is 0.248 e. The average molecular weight is 401 g/mol. The van der Waals surface area contributed by atoms with Gasteiger partial charge in [-0.3, -0.25) is 9.59 Å². The molecule has 1 aromatic carbocycles. The molecule has 1 unspecified atom stereocenters. The van der Waals surface area contributed by atoms with E-state index < -0.39 is 6.61 Å². The van der Waals surface area contributed by atoms with Gasteiger partial charge in [0.05, 0.1) is 19.7 Å². The highest BCUT2D eigenvalue weighted by atomic mass is 32.1. The number of fused-ring (bicyclic) bond motifs is 2. The summed E-state index contributed by atoms with van der Waals surface area (Å²) in [5.41, 5.74) is 2.88. The lowest BCUT2D eigenvalue weighted by atomic mass is 9.81. The van der Waals surface area contributed by atoms with Crippen LogP contribution >= 0.6 is 11.3 Å². The maximum atomic E-state index is 13.1. The van der Waals surface area contributed by atoms with Gasteiger partial charge in [-0.05, 0) is 25.0 Å². The van der Waals surface area contributed by atoms with Gasteiger partial charge in [0.1, 0.15) is 11.6 Å². The zero-order valence-corrected chi connectivity index (χ0v) is 16.8. The molecule has 2 aromatic rings. The van der Waals surface area contributed by atoms with Crippen molar-refractivity contribution in [3.05, 3.63) is 40.5 Å². The molecule has 1 spiro atoms. The third kappa shape index (κ3) is 3.16. The molecule has 148 valence electrons. The van der Waals surface area contributed by atoms with Gasteiger partial charge in [0.2, 0.25) is 11.8 Å². The normalized spacial score (nSPS) is 20.7. The molecule has 8 heteroatoms. The second kappa shape index (κ2) is 7.18. The lowest BCUT2D eigenvalue weighted by molar-refractivity contribution is -0.133. The number of aromatic nitrogens is 1. The average Bonchev–Trinajstić information content (AvgIpc) is 3.40. The number of thiazole rings is 1. The fourth-order valence-corrected chi connectivity index (χ4v) is 4.96. The third-order valence-electron chi connectivity index (χ3n) is 5.65. The number of carbonyl (C=O) groups is 2. The van der Waals surface area contributed by atoms with Crippen molar-refractivity contribution < 1.29 is 19.4 Å². The van der Waals surface area contributed by atoms with Crippen LogP contribution < -0.4 is 9.64 Å². The molecule has 0 saturated carbocycles. The Balaban J connectivity index is 1.62. The summed E-state index contributed by atoms with van der Waals surface area (Å²) in [5, 5.41) is 10.6. The quantitative estimate of drug-likeness (QED) is 0.840. The molecule has 2 amide bonds. The van der Waals surface area contributed by atoms with Crippen LogP contribution in [0.5, 0.6) is 5.06 Å². The molecule has 1 aromatic heterocycles. The van der Waals surface area contributed by atoms with E-state index in [-0.39, 0.29) is 23.7 Å². The Kier molecular flexibility index (Phi) is 4.84. The van der Waals surface area contributed by atoms with E-state index in [1.54, 1.807) is 18.2 Å². The summed E-state index contributed by atoms with van der Waals surface area (Å²) in [6.07, 6.45) is 2.63. The second-order valence-electron chi connectivity index (χ2n) is 7.46. The molecule has 1 fully saturated rings. The Labute approximate surface area is 167 Å². The number of benzene rings is 1. The molecule has 0 aliphatic carbocycles. The predicted molar refractivity (Wildman–Crippen MR) is 106 cm³/mol. The van der Waals surface area contributed by atoms with Gasteiger partial charge in [0.15, 0.2) is 5.06 Å². The second-order valence-corrected chi connectivity index (χ2v) is 8.54. The number of ether oxygens (including phenoxy) is 1. The van der Waals surface area contributed by atoms with Crippen molar-refractivity contribution in [2.45, 2.75) is 25.2 Å². The van der Waals surface area contributed by atoms with Crippen LogP contribution in [0.4, 0.5) is 5.69 Å². The van der Waals surface area contributed by atoms with E-state index in [4.69, 9.17) is 4.74 Å². The number of hydrogen-bond donors (Lipinski definition) is 1. The topological polar surface area (TPSA) is 83.0 Å². The summed E-state index contributed by atoms with van der Waals surface area (Å²) in [6.45, 7) is 3.22. The fraction of sp³-hybridized carbons (Fsp3) is 0.450. The molecule has 2 aliphatic heterocycles. The first-order chi connectivity index (χ1) is 13.5. The van der Waals surface area contributed by atoms with Crippen LogP contribution in [0.2, 0.25) is 0 Å². The minimum absolute atomic E-state index is 0.00841. The van der Waals surface area contributed by atoms with Gasteiger partial charge >= 0.3 is 0 Å². The van der Waals surface area contributed by atoms with E-state index >= 15 is 0 Å². The van der Waals surface area contributed by atoms with Crippen molar-refractivity contribution in [3.63, 3.8) is 0 Å². The summed E-state index contributed by atoms with van der Waals surface area (Å²) in [5.74, 6) is -0.267. The number of likely N-dealkylation sites (tertiary alicyclic amines) is 1.